The van der Waals surface area contributed by atoms with Crippen LogP contribution in [0.5, 0.6) is 0 Å². The first-order chi connectivity index (χ1) is 15.0. The summed E-state index contributed by atoms with van der Waals surface area (Å²) >= 11 is 0. The first-order valence-electron chi connectivity index (χ1n) is 10.6. The Balaban J connectivity index is 1.77. The van der Waals surface area contributed by atoms with Gasteiger partial charge in [0.2, 0.25) is 5.91 Å². The van der Waals surface area contributed by atoms with Crippen molar-refractivity contribution < 1.29 is 14.7 Å². The molecule has 1 N–H and O–H groups in total. The van der Waals surface area contributed by atoms with Gasteiger partial charge in [-0.05, 0) is 61.6 Å². The number of aliphatic carboxylic acids is 1. The first kappa shape index (κ1) is 20.7. The number of rotatable bonds is 5. The van der Waals surface area contributed by atoms with Crippen molar-refractivity contribution in [3.05, 3.63) is 65.4 Å². The highest BCUT2D eigenvalue weighted by molar-refractivity contribution is 5.96. The monoisotopic (exact) mass is 415 g/mol. The average molecular weight is 415 g/mol. The van der Waals surface area contributed by atoms with Crippen LogP contribution in [0.4, 0.5) is 5.69 Å². The van der Waals surface area contributed by atoms with Crippen LogP contribution < -0.4 is 4.90 Å². The molecule has 0 bridgehead atoms. The predicted octanol–water partition coefficient (Wildman–Crippen LogP) is 4.32. The number of hydrogen-bond donors (Lipinski definition) is 1. The van der Waals surface area contributed by atoms with Crippen LogP contribution in [0.1, 0.15) is 42.6 Å². The maximum absolute atomic E-state index is 13.2. The molecule has 4 rings (SSSR count). The molecule has 2 atom stereocenters. The highest BCUT2D eigenvalue weighted by Crippen LogP contribution is 2.38. The van der Waals surface area contributed by atoms with E-state index in [1.807, 2.05) is 54.0 Å². The fourth-order valence-corrected chi connectivity index (χ4v) is 4.75. The van der Waals surface area contributed by atoms with Crippen LogP contribution in [0.15, 0.2) is 48.5 Å². The van der Waals surface area contributed by atoms with Crippen molar-refractivity contribution in [3.8, 4) is 6.07 Å². The molecule has 1 aliphatic carbocycles. The van der Waals surface area contributed by atoms with Crippen molar-refractivity contribution in [1.82, 2.24) is 4.57 Å². The number of fused-ring (bicyclic) bond motifs is 3. The molecule has 0 spiro atoms. The predicted molar refractivity (Wildman–Crippen MR) is 119 cm³/mol. The number of anilines is 1. The van der Waals surface area contributed by atoms with Crippen molar-refractivity contribution in [1.29, 1.82) is 5.26 Å². The average Bonchev–Trinajstić information content (AvgIpc) is 3.11. The Morgan fingerprint density at radius 1 is 1.26 bits per heavy atom. The summed E-state index contributed by atoms with van der Waals surface area (Å²) in [6.07, 6.45) is 2.31. The van der Waals surface area contributed by atoms with Gasteiger partial charge in [0, 0.05) is 35.2 Å². The van der Waals surface area contributed by atoms with Crippen molar-refractivity contribution in [2.75, 3.05) is 11.9 Å². The Bertz CT molecular complexity index is 1190. The Morgan fingerprint density at radius 3 is 2.65 bits per heavy atom. The molecule has 1 aliphatic rings. The highest BCUT2D eigenvalue weighted by Gasteiger charge is 2.34. The van der Waals surface area contributed by atoms with Crippen LogP contribution >= 0.6 is 0 Å². The lowest BCUT2D eigenvalue weighted by Crippen LogP contribution is -2.36. The quantitative estimate of drug-likeness (QED) is 0.672. The van der Waals surface area contributed by atoms with Gasteiger partial charge in [-0.1, -0.05) is 25.1 Å². The van der Waals surface area contributed by atoms with Crippen LogP contribution in [0.25, 0.3) is 10.9 Å². The summed E-state index contributed by atoms with van der Waals surface area (Å²) in [7, 11) is 1.79. The molecule has 0 radical (unpaired) electrons. The number of para-hydroxylation sites is 1. The van der Waals surface area contributed by atoms with Crippen LogP contribution in [0.2, 0.25) is 0 Å². The molecule has 0 saturated heterocycles. The lowest BCUT2D eigenvalue weighted by Gasteiger charge is -2.28. The summed E-state index contributed by atoms with van der Waals surface area (Å²) in [6.45, 7) is 1.87. The number of carbonyl (C=O) groups is 2. The summed E-state index contributed by atoms with van der Waals surface area (Å²) in [5, 5.41) is 20.1. The van der Waals surface area contributed by atoms with Gasteiger partial charge in [0.15, 0.2) is 0 Å². The van der Waals surface area contributed by atoms with Crippen molar-refractivity contribution in [2.24, 2.45) is 5.92 Å². The van der Waals surface area contributed by atoms with E-state index in [1.165, 1.54) is 0 Å². The highest BCUT2D eigenvalue weighted by atomic mass is 16.4. The van der Waals surface area contributed by atoms with E-state index < -0.39 is 12.0 Å². The Kier molecular flexibility index (Phi) is 5.51. The molecule has 6 heteroatoms. The number of benzene rings is 2. The second-order valence-electron chi connectivity index (χ2n) is 8.07. The van der Waals surface area contributed by atoms with Crippen molar-refractivity contribution >= 4 is 28.5 Å². The number of nitrogens with zero attached hydrogens (tertiary/aromatic N) is 3. The summed E-state index contributed by atoms with van der Waals surface area (Å²) in [6, 6.07) is 16.5. The third kappa shape index (κ3) is 3.57. The van der Waals surface area contributed by atoms with E-state index in [-0.39, 0.29) is 11.8 Å². The largest absolute Gasteiger partial charge is 0.480 e. The molecule has 31 heavy (non-hydrogen) atoms. The standard InChI is InChI=1S/C25H25N3O3/c1-3-21(25(30)31)28-22-11-9-16(15-26)13-19(22)20-14-17(10-12-23(20)28)24(29)27(2)18-7-5-4-6-8-18/h4-9,11,13,17,21H,3,10,12,14H2,1-2H3,(H,30,31). The third-order valence-electron chi connectivity index (χ3n) is 6.34. The van der Waals surface area contributed by atoms with Crippen LogP contribution in [0, 0.1) is 17.2 Å². The maximum Gasteiger partial charge on any atom is 0.326 e. The van der Waals surface area contributed by atoms with E-state index in [2.05, 4.69) is 6.07 Å². The molecule has 0 aliphatic heterocycles. The molecule has 3 aromatic rings. The van der Waals surface area contributed by atoms with E-state index in [9.17, 15) is 20.0 Å². The van der Waals surface area contributed by atoms with Crippen LogP contribution in [0.3, 0.4) is 0 Å². The molecule has 1 aromatic heterocycles. The smallest absolute Gasteiger partial charge is 0.326 e. The molecule has 1 amide bonds. The summed E-state index contributed by atoms with van der Waals surface area (Å²) in [4.78, 5) is 26.9. The molecular formula is C25H25N3O3. The zero-order valence-corrected chi connectivity index (χ0v) is 17.7. The van der Waals surface area contributed by atoms with Gasteiger partial charge in [0.05, 0.1) is 11.6 Å². The zero-order chi connectivity index (χ0) is 22.1. The minimum absolute atomic E-state index is 0.0551. The first-order valence-corrected chi connectivity index (χ1v) is 10.6. The van der Waals surface area contributed by atoms with E-state index in [0.29, 0.717) is 31.2 Å². The number of hydrogen-bond acceptors (Lipinski definition) is 3. The number of carboxylic acid groups (broad SMARTS) is 1. The molecule has 2 unspecified atom stereocenters. The molecule has 2 aromatic carbocycles. The van der Waals surface area contributed by atoms with Gasteiger partial charge in [-0.25, -0.2) is 4.79 Å². The normalized spacial score (nSPS) is 16.4. The number of nitriles is 1. The zero-order valence-electron chi connectivity index (χ0n) is 17.7. The van der Waals surface area contributed by atoms with Gasteiger partial charge in [0.25, 0.3) is 0 Å². The molecular weight excluding hydrogens is 390 g/mol. The minimum Gasteiger partial charge on any atom is -0.480 e. The van der Waals surface area contributed by atoms with Crippen LogP contribution in [-0.4, -0.2) is 28.6 Å². The van der Waals surface area contributed by atoms with E-state index >= 15 is 0 Å². The van der Waals surface area contributed by atoms with E-state index in [4.69, 9.17) is 0 Å². The number of amides is 1. The second-order valence-corrected chi connectivity index (χ2v) is 8.07. The van der Waals surface area contributed by atoms with Crippen molar-refractivity contribution in [2.45, 2.75) is 38.6 Å². The SMILES string of the molecule is CCC(C(=O)O)n1c2c(c3cc(C#N)ccc31)CC(C(=O)N(C)c1ccccc1)CC2. The number of carboxylic acids is 1. The number of aromatic nitrogens is 1. The molecule has 1 heterocycles. The molecule has 0 saturated carbocycles. The molecule has 0 fully saturated rings. The lowest BCUT2D eigenvalue weighted by molar-refractivity contribution is -0.141. The third-order valence-corrected chi connectivity index (χ3v) is 6.34. The summed E-state index contributed by atoms with van der Waals surface area (Å²) < 4.78 is 1.91. The number of carbonyl (C=O) groups excluding carboxylic acids is 1. The fraction of sp³-hybridized carbons (Fsp3) is 0.320. The van der Waals surface area contributed by atoms with E-state index in [0.717, 1.165) is 27.8 Å². The Morgan fingerprint density at radius 2 is 2.00 bits per heavy atom. The Labute approximate surface area is 181 Å². The van der Waals surface area contributed by atoms with Crippen molar-refractivity contribution in [3.63, 3.8) is 0 Å². The lowest BCUT2D eigenvalue weighted by atomic mass is 9.85. The van der Waals surface area contributed by atoms with E-state index in [1.54, 1.807) is 18.0 Å². The van der Waals surface area contributed by atoms with Crippen LogP contribution in [-0.2, 0) is 22.4 Å². The van der Waals surface area contributed by atoms with Gasteiger partial charge >= 0.3 is 5.97 Å². The minimum atomic E-state index is -0.867. The molecule has 158 valence electrons. The van der Waals surface area contributed by atoms with Gasteiger partial charge in [-0.2, -0.15) is 5.26 Å². The maximum atomic E-state index is 13.2. The van der Waals surface area contributed by atoms with Gasteiger partial charge < -0.3 is 14.6 Å². The van der Waals surface area contributed by atoms with Gasteiger partial charge in [-0.3, -0.25) is 4.79 Å². The second kappa shape index (κ2) is 8.27. The Hall–Kier alpha value is -3.59. The van der Waals surface area contributed by atoms with Gasteiger partial charge in [-0.15, -0.1) is 0 Å². The van der Waals surface area contributed by atoms with Gasteiger partial charge in [0.1, 0.15) is 6.04 Å². The fourth-order valence-electron chi connectivity index (χ4n) is 4.75. The summed E-state index contributed by atoms with van der Waals surface area (Å²) in [5.41, 5.74) is 4.18. The molecule has 6 nitrogen and oxygen atoms in total. The summed E-state index contributed by atoms with van der Waals surface area (Å²) in [5.74, 6) is -1.000. The topological polar surface area (TPSA) is 86.3 Å².